The van der Waals surface area contributed by atoms with Crippen LogP contribution in [0.2, 0.25) is 0 Å². The first-order chi connectivity index (χ1) is 14.2. The molecule has 1 fully saturated rings. The zero-order valence-corrected chi connectivity index (χ0v) is 17.7. The summed E-state index contributed by atoms with van der Waals surface area (Å²) >= 11 is 0. The van der Waals surface area contributed by atoms with Gasteiger partial charge in [0.05, 0.1) is 6.61 Å². The quantitative estimate of drug-likeness (QED) is 0.270. The Hall–Kier alpha value is -2.11. The normalized spacial score (nSPS) is 15.5. The number of nitrogens with zero attached hydrogens (tertiary/aromatic N) is 1. The van der Waals surface area contributed by atoms with Crippen LogP contribution in [0.5, 0.6) is 5.75 Å². The minimum Gasteiger partial charge on any atom is -0.493 e. The molecule has 1 aliphatic heterocycles. The molecule has 1 saturated heterocycles. The van der Waals surface area contributed by atoms with Gasteiger partial charge < -0.3 is 4.74 Å². The summed E-state index contributed by atoms with van der Waals surface area (Å²) in [5, 5.41) is 2.51. The Morgan fingerprint density at radius 1 is 1.10 bits per heavy atom. The van der Waals surface area contributed by atoms with Crippen molar-refractivity contribution >= 4 is 16.7 Å². The number of nitrogens with one attached hydrogen (secondary N) is 1. The number of rotatable bonds is 10. The van der Waals surface area contributed by atoms with E-state index < -0.39 is 0 Å². The maximum atomic E-state index is 11.8. The van der Waals surface area contributed by atoms with Crippen LogP contribution < -0.4 is 16.0 Å². The SMILES string of the molecule is CCCCCCCOc1ccc2ccccc2c1CN1CCC(C(=O)NN)CC1. The van der Waals surface area contributed by atoms with Gasteiger partial charge in [0.15, 0.2) is 0 Å². The number of benzene rings is 2. The van der Waals surface area contributed by atoms with E-state index in [0.717, 1.165) is 51.3 Å². The molecule has 158 valence electrons. The highest BCUT2D eigenvalue weighted by Gasteiger charge is 2.25. The average molecular weight is 398 g/mol. The first-order valence-electron chi connectivity index (χ1n) is 11.1. The lowest BCUT2D eigenvalue weighted by Gasteiger charge is -2.31. The minimum absolute atomic E-state index is 0.0302. The summed E-state index contributed by atoms with van der Waals surface area (Å²) in [7, 11) is 0. The zero-order valence-electron chi connectivity index (χ0n) is 17.7. The highest BCUT2D eigenvalue weighted by molar-refractivity contribution is 5.87. The van der Waals surface area contributed by atoms with Gasteiger partial charge in [0.1, 0.15) is 5.75 Å². The summed E-state index contributed by atoms with van der Waals surface area (Å²) in [6.45, 7) is 5.66. The number of piperidine rings is 1. The summed E-state index contributed by atoms with van der Waals surface area (Å²) in [6, 6.07) is 12.8. The lowest BCUT2D eigenvalue weighted by molar-refractivity contribution is -0.126. The van der Waals surface area contributed by atoms with Crippen LogP contribution in [0.4, 0.5) is 0 Å². The number of carbonyl (C=O) groups is 1. The summed E-state index contributed by atoms with van der Waals surface area (Å²) in [4.78, 5) is 14.2. The van der Waals surface area contributed by atoms with E-state index >= 15 is 0 Å². The molecule has 0 saturated carbocycles. The van der Waals surface area contributed by atoms with Crippen LogP contribution in [0, 0.1) is 5.92 Å². The number of hydrazine groups is 1. The van der Waals surface area contributed by atoms with E-state index in [2.05, 4.69) is 53.6 Å². The Bertz CT molecular complexity index is 785. The number of hydrogen-bond acceptors (Lipinski definition) is 4. The van der Waals surface area contributed by atoms with Crippen LogP contribution in [0.1, 0.15) is 57.4 Å². The number of hydrogen-bond donors (Lipinski definition) is 2. The average Bonchev–Trinajstić information content (AvgIpc) is 2.77. The molecule has 1 amide bonds. The highest BCUT2D eigenvalue weighted by Crippen LogP contribution is 2.31. The third-order valence-electron chi connectivity index (χ3n) is 5.99. The molecule has 0 aromatic heterocycles. The Kier molecular flexibility index (Phi) is 8.32. The third-order valence-corrected chi connectivity index (χ3v) is 5.99. The number of likely N-dealkylation sites (tertiary alicyclic amines) is 1. The summed E-state index contributed by atoms with van der Waals surface area (Å²) in [5.74, 6) is 6.29. The van der Waals surface area contributed by atoms with Crippen molar-refractivity contribution in [3.8, 4) is 5.75 Å². The second-order valence-electron chi connectivity index (χ2n) is 8.09. The summed E-state index contributed by atoms with van der Waals surface area (Å²) < 4.78 is 6.24. The van der Waals surface area contributed by atoms with Gasteiger partial charge in [-0.15, -0.1) is 0 Å². The van der Waals surface area contributed by atoms with Crippen LogP contribution in [-0.2, 0) is 11.3 Å². The molecule has 29 heavy (non-hydrogen) atoms. The molecule has 2 aromatic rings. The van der Waals surface area contributed by atoms with E-state index in [9.17, 15) is 4.79 Å². The van der Waals surface area contributed by atoms with E-state index in [1.54, 1.807) is 0 Å². The number of fused-ring (bicyclic) bond motifs is 1. The van der Waals surface area contributed by atoms with Crippen LogP contribution >= 0.6 is 0 Å². The van der Waals surface area contributed by atoms with Crippen LogP contribution in [0.25, 0.3) is 10.8 Å². The highest BCUT2D eigenvalue weighted by atomic mass is 16.5. The van der Waals surface area contributed by atoms with Crippen molar-refractivity contribution in [3.63, 3.8) is 0 Å². The van der Waals surface area contributed by atoms with E-state index in [4.69, 9.17) is 10.6 Å². The molecule has 2 aromatic carbocycles. The van der Waals surface area contributed by atoms with E-state index in [1.165, 1.54) is 42.0 Å². The molecule has 3 N–H and O–H groups in total. The predicted molar refractivity (Wildman–Crippen MR) is 119 cm³/mol. The number of carbonyl (C=O) groups excluding carboxylic acids is 1. The second-order valence-corrected chi connectivity index (χ2v) is 8.09. The molecule has 0 radical (unpaired) electrons. The maximum absolute atomic E-state index is 11.8. The van der Waals surface area contributed by atoms with Crippen molar-refractivity contribution < 1.29 is 9.53 Å². The van der Waals surface area contributed by atoms with Crippen molar-refractivity contribution in [2.75, 3.05) is 19.7 Å². The van der Waals surface area contributed by atoms with E-state index in [-0.39, 0.29) is 11.8 Å². The van der Waals surface area contributed by atoms with Crippen LogP contribution in [0.3, 0.4) is 0 Å². The summed E-state index contributed by atoms with van der Waals surface area (Å²) in [6.07, 6.45) is 7.89. The number of ether oxygens (including phenoxy) is 1. The van der Waals surface area contributed by atoms with Gasteiger partial charge in [0.25, 0.3) is 0 Å². The third kappa shape index (κ3) is 5.94. The molecule has 0 spiro atoms. The molecule has 0 atom stereocenters. The lowest BCUT2D eigenvalue weighted by atomic mass is 9.95. The van der Waals surface area contributed by atoms with Gasteiger partial charge in [-0.25, -0.2) is 5.84 Å². The molecule has 0 unspecified atom stereocenters. The maximum Gasteiger partial charge on any atom is 0.237 e. The molecular formula is C24H35N3O2. The van der Waals surface area contributed by atoms with Crippen molar-refractivity contribution in [2.45, 2.75) is 58.4 Å². The molecule has 1 aliphatic rings. The fourth-order valence-electron chi connectivity index (χ4n) is 4.20. The Morgan fingerprint density at radius 3 is 2.62 bits per heavy atom. The molecule has 3 rings (SSSR count). The molecular weight excluding hydrogens is 362 g/mol. The number of nitrogens with two attached hydrogens (primary N) is 1. The minimum atomic E-state index is -0.0399. The Morgan fingerprint density at radius 2 is 1.86 bits per heavy atom. The first kappa shape index (κ1) is 21.6. The van der Waals surface area contributed by atoms with Crippen molar-refractivity contribution in [2.24, 2.45) is 11.8 Å². The van der Waals surface area contributed by atoms with Gasteiger partial charge in [-0.2, -0.15) is 0 Å². The van der Waals surface area contributed by atoms with Crippen molar-refractivity contribution in [1.29, 1.82) is 0 Å². The number of amides is 1. The van der Waals surface area contributed by atoms with E-state index in [1.807, 2.05) is 0 Å². The smallest absolute Gasteiger partial charge is 0.237 e. The van der Waals surface area contributed by atoms with Crippen molar-refractivity contribution in [1.82, 2.24) is 10.3 Å². The van der Waals surface area contributed by atoms with Gasteiger partial charge in [-0.05, 0) is 49.2 Å². The Balaban J connectivity index is 1.67. The predicted octanol–water partition coefficient (Wildman–Crippen LogP) is 4.39. The van der Waals surface area contributed by atoms with E-state index in [0.29, 0.717) is 0 Å². The fraction of sp³-hybridized carbons (Fsp3) is 0.542. The van der Waals surface area contributed by atoms with Crippen molar-refractivity contribution in [3.05, 3.63) is 42.0 Å². The molecule has 5 heteroatoms. The monoisotopic (exact) mass is 397 g/mol. The van der Waals surface area contributed by atoms with Gasteiger partial charge in [0, 0.05) is 18.0 Å². The zero-order chi connectivity index (χ0) is 20.5. The fourth-order valence-corrected chi connectivity index (χ4v) is 4.20. The van der Waals surface area contributed by atoms with Crippen LogP contribution in [0.15, 0.2) is 36.4 Å². The lowest BCUT2D eigenvalue weighted by Crippen LogP contribution is -2.42. The standard InChI is InChI=1S/C24H35N3O2/c1-2-3-4-5-8-17-29-23-12-11-19-9-6-7-10-21(19)22(23)18-27-15-13-20(14-16-27)24(28)26-25/h6-7,9-12,20H,2-5,8,13-18,25H2,1H3,(H,26,28). The summed E-state index contributed by atoms with van der Waals surface area (Å²) in [5.41, 5.74) is 3.56. The van der Waals surface area contributed by atoms with Gasteiger partial charge in [-0.3, -0.25) is 15.1 Å². The topological polar surface area (TPSA) is 67.6 Å². The molecule has 0 bridgehead atoms. The van der Waals surface area contributed by atoms with Crippen LogP contribution in [-0.4, -0.2) is 30.5 Å². The second kappa shape index (κ2) is 11.2. The van der Waals surface area contributed by atoms with Gasteiger partial charge >= 0.3 is 0 Å². The Labute approximate surface area is 174 Å². The molecule has 5 nitrogen and oxygen atoms in total. The molecule has 1 heterocycles. The molecule has 0 aliphatic carbocycles. The van der Waals surface area contributed by atoms with Gasteiger partial charge in [0.2, 0.25) is 5.91 Å². The largest absolute Gasteiger partial charge is 0.493 e. The first-order valence-corrected chi connectivity index (χ1v) is 11.1. The van der Waals surface area contributed by atoms with Gasteiger partial charge in [-0.1, -0.05) is 62.9 Å². The number of unbranched alkanes of at least 4 members (excludes halogenated alkanes) is 4.